The molecule has 0 spiro atoms. The number of allylic oxidation sites excluding steroid dienone is 4. The van der Waals surface area contributed by atoms with Crippen molar-refractivity contribution >= 4 is 5.57 Å². The first-order valence-corrected chi connectivity index (χ1v) is 10.9. The van der Waals surface area contributed by atoms with Gasteiger partial charge in [-0.05, 0) is 73.0 Å². The fraction of sp³-hybridized carbons (Fsp3) is 0.286. The van der Waals surface area contributed by atoms with Crippen LogP contribution in [-0.2, 0) is 9.47 Å². The van der Waals surface area contributed by atoms with Gasteiger partial charge < -0.3 is 14.8 Å². The molecular formula is C28H31NO2. The Kier molecular flexibility index (Phi) is 6.43. The molecule has 1 heterocycles. The van der Waals surface area contributed by atoms with Crippen molar-refractivity contribution in [2.24, 2.45) is 0 Å². The molecule has 2 aliphatic rings. The molecule has 1 N–H and O–H groups in total. The van der Waals surface area contributed by atoms with Crippen molar-refractivity contribution in [2.45, 2.75) is 38.8 Å². The fourth-order valence-corrected chi connectivity index (χ4v) is 4.04. The van der Waals surface area contributed by atoms with Gasteiger partial charge in [-0.15, -0.1) is 0 Å². The number of aryl methyl sites for hydroxylation is 1. The molecule has 0 saturated carbocycles. The minimum absolute atomic E-state index is 0.0597. The molecule has 0 bridgehead atoms. The number of dihydropyridines is 1. The van der Waals surface area contributed by atoms with Crippen LogP contribution in [0.4, 0.5) is 0 Å². The molecule has 0 fully saturated rings. The molecule has 3 unspecified atom stereocenters. The van der Waals surface area contributed by atoms with Crippen molar-refractivity contribution in [2.75, 3.05) is 13.7 Å². The highest BCUT2D eigenvalue weighted by atomic mass is 16.5. The van der Waals surface area contributed by atoms with Crippen LogP contribution in [0.25, 0.3) is 5.57 Å². The van der Waals surface area contributed by atoms with Gasteiger partial charge in [-0.25, -0.2) is 0 Å². The second-order valence-electron chi connectivity index (χ2n) is 8.32. The first-order valence-electron chi connectivity index (χ1n) is 10.9. The average Bonchev–Trinajstić information content (AvgIpc) is 3.57. The van der Waals surface area contributed by atoms with E-state index < -0.39 is 0 Å². The third-order valence-electron chi connectivity index (χ3n) is 5.88. The van der Waals surface area contributed by atoms with Crippen LogP contribution in [-0.4, -0.2) is 19.8 Å². The van der Waals surface area contributed by atoms with Crippen LogP contribution < -0.4 is 5.32 Å². The molecule has 4 rings (SSSR count). The summed E-state index contributed by atoms with van der Waals surface area (Å²) < 4.78 is 11.2. The molecule has 160 valence electrons. The Morgan fingerprint density at radius 2 is 1.90 bits per heavy atom. The van der Waals surface area contributed by atoms with Crippen LogP contribution in [0.3, 0.4) is 0 Å². The molecule has 3 atom stereocenters. The van der Waals surface area contributed by atoms with Crippen molar-refractivity contribution in [3.05, 3.63) is 113 Å². The van der Waals surface area contributed by atoms with Crippen molar-refractivity contribution in [1.29, 1.82) is 0 Å². The van der Waals surface area contributed by atoms with Gasteiger partial charge in [-0.3, -0.25) is 0 Å². The van der Waals surface area contributed by atoms with E-state index in [1.54, 1.807) is 7.11 Å². The second kappa shape index (κ2) is 9.40. The molecule has 0 amide bonds. The Balaban J connectivity index is 1.48. The van der Waals surface area contributed by atoms with Crippen LogP contribution in [0.1, 0.15) is 48.1 Å². The first-order chi connectivity index (χ1) is 15.0. The maximum Gasteiger partial charge on any atom is 0.110 e. The van der Waals surface area contributed by atoms with Crippen molar-refractivity contribution in [1.82, 2.24) is 5.32 Å². The number of nitrogens with one attached hydrogen (secondary N) is 1. The lowest BCUT2D eigenvalue weighted by atomic mass is 9.91. The Bertz CT molecular complexity index is 1060. The van der Waals surface area contributed by atoms with Crippen LogP contribution >= 0.6 is 0 Å². The lowest BCUT2D eigenvalue weighted by Crippen LogP contribution is -2.18. The maximum atomic E-state index is 5.94. The zero-order valence-electron chi connectivity index (χ0n) is 18.8. The van der Waals surface area contributed by atoms with Gasteiger partial charge in [0.2, 0.25) is 0 Å². The minimum atomic E-state index is 0.0597. The van der Waals surface area contributed by atoms with E-state index in [1.165, 1.54) is 33.4 Å². The van der Waals surface area contributed by atoms with E-state index in [4.69, 9.17) is 9.47 Å². The second-order valence-corrected chi connectivity index (χ2v) is 8.32. The summed E-state index contributed by atoms with van der Waals surface area (Å²) in [6.45, 7) is 6.75. The summed E-state index contributed by atoms with van der Waals surface area (Å²) in [7, 11) is 1.71. The highest BCUT2D eigenvalue weighted by molar-refractivity contribution is 5.76. The molecule has 3 nitrogen and oxygen atoms in total. The van der Waals surface area contributed by atoms with Gasteiger partial charge in [0, 0.05) is 13.0 Å². The zero-order chi connectivity index (χ0) is 21.8. The third kappa shape index (κ3) is 5.18. The normalized spacial score (nSPS) is 21.1. The van der Waals surface area contributed by atoms with E-state index in [0.29, 0.717) is 12.5 Å². The predicted molar refractivity (Wildman–Crippen MR) is 128 cm³/mol. The summed E-state index contributed by atoms with van der Waals surface area (Å²) in [6, 6.07) is 17.5. The standard InChI is InChI=1S/C28H31NO2/c1-19-8-7-9-22(14-19)23-12-13-29-28(17-23)26-11-6-5-10-25(26)27-16-24(27)18-31-21(3)15-20(2)30-4/h5-17,20,27-29H,18H2,1-4H3/b21-15-. The number of methoxy groups -OCH3 is 1. The molecule has 0 radical (unpaired) electrons. The molecule has 1 aliphatic heterocycles. The third-order valence-corrected chi connectivity index (χ3v) is 5.88. The molecular weight excluding hydrogens is 382 g/mol. The van der Waals surface area contributed by atoms with Gasteiger partial charge in [0.25, 0.3) is 0 Å². The quantitative estimate of drug-likeness (QED) is 0.412. The Hall–Kier alpha value is -3.04. The summed E-state index contributed by atoms with van der Waals surface area (Å²) in [4.78, 5) is 0. The van der Waals surface area contributed by atoms with E-state index >= 15 is 0 Å². The van der Waals surface area contributed by atoms with Gasteiger partial charge in [0.15, 0.2) is 0 Å². The predicted octanol–water partition coefficient (Wildman–Crippen LogP) is 6.22. The lowest BCUT2D eigenvalue weighted by Gasteiger charge is -2.23. The Morgan fingerprint density at radius 1 is 1.10 bits per heavy atom. The van der Waals surface area contributed by atoms with Gasteiger partial charge in [0.1, 0.15) is 6.61 Å². The fourth-order valence-electron chi connectivity index (χ4n) is 4.04. The summed E-state index contributed by atoms with van der Waals surface area (Å²) >= 11 is 0. The van der Waals surface area contributed by atoms with Crippen LogP contribution in [0.5, 0.6) is 0 Å². The molecule has 0 saturated heterocycles. The summed E-state index contributed by atoms with van der Waals surface area (Å²) in [6.07, 6.45) is 10.9. The molecule has 0 aromatic heterocycles. The molecule has 3 heteroatoms. The van der Waals surface area contributed by atoms with E-state index in [-0.39, 0.29) is 12.1 Å². The topological polar surface area (TPSA) is 30.5 Å². The van der Waals surface area contributed by atoms with E-state index in [0.717, 1.165) is 5.76 Å². The summed E-state index contributed by atoms with van der Waals surface area (Å²) in [5.41, 5.74) is 7.78. The summed E-state index contributed by atoms with van der Waals surface area (Å²) in [5, 5.41) is 3.53. The Labute approximate surface area is 185 Å². The van der Waals surface area contributed by atoms with Crippen LogP contribution in [0, 0.1) is 6.92 Å². The number of hydrogen-bond acceptors (Lipinski definition) is 3. The first kappa shape index (κ1) is 21.2. The molecule has 2 aromatic carbocycles. The van der Waals surface area contributed by atoms with Gasteiger partial charge in [-0.1, -0.05) is 60.2 Å². The van der Waals surface area contributed by atoms with Gasteiger partial charge in [0.05, 0.1) is 17.9 Å². The van der Waals surface area contributed by atoms with Gasteiger partial charge in [-0.2, -0.15) is 0 Å². The van der Waals surface area contributed by atoms with Crippen molar-refractivity contribution < 1.29 is 9.47 Å². The monoisotopic (exact) mass is 413 g/mol. The van der Waals surface area contributed by atoms with Gasteiger partial charge >= 0.3 is 0 Å². The molecule has 31 heavy (non-hydrogen) atoms. The highest BCUT2D eigenvalue weighted by Crippen LogP contribution is 2.43. The average molecular weight is 414 g/mol. The molecule has 2 aromatic rings. The largest absolute Gasteiger partial charge is 0.494 e. The smallest absolute Gasteiger partial charge is 0.110 e. The number of ether oxygens (including phenoxy) is 2. The highest BCUT2D eigenvalue weighted by Gasteiger charge is 2.30. The van der Waals surface area contributed by atoms with Crippen LogP contribution in [0.2, 0.25) is 0 Å². The number of benzene rings is 2. The maximum absolute atomic E-state index is 5.94. The van der Waals surface area contributed by atoms with E-state index in [2.05, 4.69) is 85.2 Å². The Morgan fingerprint density at radius 3 is 2.68 bits per heavy atom. The zero-order valence-corrected chi connectivity index (χ0v) is 18.8. The molecule has 1 aliphatic carbocycles. The number of rotatable bonds is 8. The van der Waals surface area contributed by atoms with Crippen molar-refractivity contribution in [3.63, 3.8) is 0 Å². The van der Waals surface area contributed by atoms with E-state index in [1.807, 2.05) is 19.9 Å². The van der Waals surface area contributed by atoms with Crippen molar-refractivity contribution in [3.8, 4) is 0 Å². The lowest BCUT2D eigenvalue weighted by molar-refractivity contribution is 0.148. The van der Waals surface area contributed by atoms with Crippen LogP contribution in [0.15, 0.2) is 90.4 Å². The summed E-state index contributed by atoms with van der Waals surface area (Å²) in [5.74, 6) is 1.26. The van der Waals surface area contributed by atoms with E-state index in [9.17, 15) is 0 Å². The number of hydrogen-bond donors (Lipinski definition) is 1. The minimum Gasteiger partial charge on any atom is -0.494 e. The SMILES string of the molecule is COC(C)/C=C(/C)OCC1=CC1c1ccccc1C1C=C(c2cccc(C)c2)C=CN1.